The summed E-state index contributed by atoms with van der Waals surface area (Å²) in [5.41, 5.74) is 0.431. The maximum absolute atomic E-state index is 10.8. The highest BCUT2D eigenvalue weighted by Crippen LogP contribution is 2.27. The predicted octanol–water partition coefficient (Wildman–Crippen LogP) is 0.0333. The van der Waals surface area contributed by atoms with E-state index < -0.39 is 18.5 Å². The third-order valence-corrected chi connectivity index (χ3v) is 2.25. The van der Waals surface area contributed by atoms with Crippen molar-refractivity contribution in [2.45, 2.75) is 0 Å². The monoisotopic (exact) mass is 269 g/mol. The second-order valence-electron chi connectivity index (χ2n) is 3.69. The Labute approximate surface area is 109 Å². The van der Waals surface area contributed by atoms with Crippen LogP contribution in [-0.4, -0.2) is 53.6 Å². The average molecular weight is 269 g/mol. The highest BCUT2D eigenvalue weighted by Gasteiger charge is 2.15. The summed E-state index contributed by atoms with van der Waals surface area (Å²) >= 11 is 0. The van der Waals surface area contributed by atoms with Crippen molar-refractivity contribution in [3.63, 3.8) is 0 Å². The first kappa shape index (κ1) is 14.8. The smallest absolute Gasteiger partial charge is 0.341 e. The molecule has 19 heavy (non-hydrogen) atoms. The number of carboxylic acid groups (broad SMARTS) is 2. The molecule has 0 aliphatic rings. The molecule has 0 amide bonds. The molecule has 0 bridgehead atoms. The van der Waals surface area contributed by atoms with Crippen molar-refractivity contribution in [2.75, 3.05) is 31.2 Å². The first-order valence-corrected chi connectivity index (χ1v) is 5.56. The number of benzene rings is 1. The number of aliphatic carboxylic acids is 2. The van der Waals surface area contributed by atoms with E-state index in [2.05, 4.69) is 0 Å². The zero-order valence-corrected chi connectivity index (χ0v) is 10.2. The SMILES string of the molecule is O=C(O)COc1ccccc1N(CCO)CC(=O)O. The lowest BCUT2D eigenvalue weighted by Gasteiger charge is -2.24. The Morgan fingerprint density at radius 1 is 1.16 bits per heavy atom. The topological polar surface area (TPSA) is 107 Å². The van der Waals surface area contributed by atoms with E-state index in [1.807, 2.05) is 0 Å². The highest BCUT2D eigenvalue weighted by molar-refractivity contribution is 5.75. The number of anilines is 1. The van der Waals surface area contributed by atoms with E-state index in [1.54, 1.807) is 24.3 Å². The lowest BCUT2D eigenvalue weighted by atomic mass is 10.2. The van der Waals surface area contributed by atoms with Crippen LogP contribution in [0.2, 0.25) is 0 Å². The molecule has 0 unspecified atom stereocenters. The summed E-state index contributed by atoms with van der Waals surface area (Å²) in [6, 6.07) is 6.48. The second-order valence-corrected chi connectivity index (χ2v) is 3.69. The number of aliphatic hydroxyl groups is 1. The van der Waals surface area contributed by atoms with Crippen LogP contribution in [0.5, 0.6) is 5.75 Å². The molecule has 7 heteroatoms. The minimum atomic E-state index is -1.12. The normalized spacial score (nSPS) is 9.95. The van der Waals surface area contributed by atoms with Crippen molar-refractivity contribution >= 4 is 17.6 Å². The van der Waals surface area contributed by atoms with E-state index in [0.29, 0.717) is 5.69 Å². The van der Waals surface area contributed by atoms with Crippen molar-refractivity contribution in [3.8, 4) is 5.75 Å². The Morgan fingerprint density at radius 3 is 2.42 bits per heavy atom. The van der Waals surface area contributed by atoms with Gasteiger partial charge in [0.1, 0.15) is 12.3 Å². The summed E-state index contributed by atoms with van der Waals surface area (Å²) in [7, 11) is 0. The van der Waals surface area contributed by atoms with Crippen molar-refractivity contribution in [1.82, 2.24) is 0 Å². The number of nitrogens with zero attached hydrogens (tertiary/aromatic N) is 1. The molecule has 3 N–H and O–H groups in total. The van der Waals surface area contributed by atoms with E-state index in [1.165, 1.54) is 4.90 Å². The molecule has 0 saturated carbocycles. The molecule has 7 nitrogen and oxygen atoms in total. The molecule has 104 valence electrons. The van der Waals surface area contributed by atoms with Crippen LogP contribution in [0.25, 0.3) is 0 Å². The molecule has 0 saturated heterocycles. The maximum Gasteiger partial charge on any atom is 0.341 e. The molecule has 0 fully saturated rings. The summed E-state index contributed by atoms with van der Waals surface area (Å²) < 4.78 is 5.09. The van der Waals surface area contributed by atoms with Gasteiger partial charge in [0.25, 0.3) is 0 Å². The van der Waals surface area contributed by atoms with Crippen LogP contribution < -0.4 is 9.64 Å². The van der Waals surface area contributed by atoms with Gasteiger partial charge in [-0.1, -0.05) is 12.1 Å². The van der Waals surface area contributed by atoms with Gasteiger partial charge in [-0.3, -0.25) is 4.79 Å². The van der Waals surface area contributed by atoms with Crippen LogP contribution >= 0.6 is 0 Å². The van der Waals surface area contributed by atoms with E-state index in [-0.39, 0.29) is 25.4 Å². The van der Waals surface area contributed by atoms with Crippen LogP contribution in [0.1, 0.15) is 0 Å². The van der Waals surface area contributed by atoms with E-state index in [9.17, 15) is 9.59 Å². The molecule has 0 heterocycles. The molecule has 1 rings (SSSR count). The second kappa shape index (κ2) is 7.22. The van der Waals surface area contributed by atoms with Gasteiger partial charge >= 0.3 is 11.9 Å². The van der Waals surface area contributed by atoms with E-state index in [4.69, 9.17) is 20.1 Å². The summed E-state index contributed by atoms with van der Waals surface area (Å²) in [4.78, 5) is 22.7. The highest BCUT2D eigenvalue weighted by atomic mass is 16.5. The molecule has 0 aliphatic carbocycles. The number of rotatable bonds is 8. The van der Waals surface area contributed by atoms with Crippen LogP contribution in [0.3, 0.4) is 0 Å². The lowest BCUT2D eigenvalue weighted by Crippen LogP contribution is -2.32. The Bertz CT molecular complexity index is 448. The third-order valence-electron chi connectivity index (χ3n) is 2.25. The number of ether oxygens (including phenoxy) is 1. The van der Waals surface area contributed by atoms with Gasteiger partial charge in [0.2, 0.25) is 0 Å². The number of aliphatic hydroxyl groups excluding tert-OH is 1. The van der Waals surface area contributed by atoms with Gasteiger partial charge in [-0.15, -0.1) is 0 Å². The van der Waals surface area contributed by atoms with Crippen LogP contribution in [0.4, 0.5) is 5.69 Å². The van der Waals surface area contributed by atoms with Gasteiger partial charge in [-0.05, 0) is 12.1 Å². The quantitative estimate of drug-likeness (QED) is 0.611. The lowest BCUT2D eigenvalue weighted by molar-refractivity contribution is -0.139. The maximum atomic E-state index is 10.8. The van der Waals surface area contributed by atoms with Gasteiger partial charge in [-0.2, -0.15) is 0 Å². The number of hydrogen-bond acceptors (Lipinski definition) is 5. The van der Waals surface area contributed by atoms with Gasteiger partial charge in [-0.25, -0.2) is 4.79 Å². The van der Waals surface area contributed by atoms with E-state index >= 15 is 0 Å². The molecule has 0 aliphatic heterocycles. The van der Waals surface area contributed by atoms with Crippen molar-refractivity contribution in [3.05, 3.63) is 24.3 Å². The number of carbonyl (C=O) groups is 2. The standard InChI is InChI=1S/C12H15NO6/c14-6-5-13(7-11(15)16)9-3-1-2-4-10(9)19-8-12(17)18/h1-4,14H,5-8H2,(H,15,16)(H,17,18). The molecule has 1 aromatic rings. The minimum Gasteiger partial charge on any atom is -0.480 e. The number of hydrogen-bond donors (Lipinski definition) is 3. The molecule has 0 aromatic heterocycles. The Kier molecular flexibility index (Phi) is 5.62. The average Bonchev–Trinajstić information content (AvgIpc) is 2.35. The van der Waals surface area contributed by atoms with Crippen LogP contribution in [0.15, 0.2) is 24.3 Å². The first-order valence-electron chi connectivity index (χ1n) is 5.56. The fourth-order valence-corrected chi connectivity index (χ4v) is 1.55. The van der Waals surface area contributed by atoms with Gasteiger partial charge < -0.3 is 25.0 Å². The molecular formula is C12H15NO6. The van der Waals surface area contributed by atoms with Crippen molar-refractivity contribution in [1.29, 1.82) is 0 Å². The van der Waals surface area contributed by atoms with Gasteiger partial charge in [0.15, 0.2) is 6.61 Å². The fourth-order valence-electron chi connectivity index (χ4n) is 1.55. The van der Waals surface area contributed by atoms with Crippen LogP contribution in [-0.2, 0) is 9.59 Å². The Balaban J connectivity index is 2.93. The summed E-state index contributed by atoms with van der Waals surface area (Å²) in [6.07, 6.45) is 0. The molecule has 1 aromatic carbocycles. The van der Waals surface area contributed by atoms with Crippen molar-refractivity contribution in [2.24, 2.45) is 0 Å². The molecule has 0 atom stereocenters. The summed E-state index contributed by atoms with van der Waals surface area (Å²) in [5.74, 6) is -1.91. The van der Waals surface area contributed by atoms with Crippen LogP contribution in [0, 0.1) is 0 Å². The number of para-hydroxylation sites is 2. The molecule has 0 radical (unpaired) electrons. The van der Waals surface area contributed by atoms with Crippen molar-refractivity contribution < 1.29 is 29.6 Å². The number of carboxylic acids is 2. The third kappa shape index (κ3) is 4.84. The largest absolute Gasteiger partial charge is 0.480 e. The predicted molar refractivity (Wildman–Crippen MR) is 66.5 cm³/mol. The van der Waals surface area contributed by atoms with Gasteiger partial charge in [0.05, 0.1) is 12.3 Å². The minimum absolute atomic E-state index is 0.111. The molecular weight excluding hydrogens is 254 g/mol. The van der Waals surface area contributed by atoms with E-state index in [0.717, 1.165) is 0 Å². The summed E-state index contributed by atoms with van der Waals surface area (Å²) in [6.45, 7) is -0.939. The molecule has 0 spiro atoms. The first-order chi connectivity index (χ1) is 9.04. The Hall–Kier alpha value is -2.28. The zero-order valence-electron chi connectivity index (χ0n) is 10.2. The Morgan fingerprint density at radius 2 is 1.84 bits per heavy atom. The zero-order chi connectivity index (χ0) is 14.3. The van der Waals surface area contributed by atoms with Gasteiger partial charge in [0, 0.05) is 6.54 Å². The fraction of sp³-hybridized carbons (Fsp3) is 0.333. The summed E-state index contributed by atoms with van der Waals surface area (Å²) in [5, 5.41) is 26.4.